The van der Waals surface area contributed by atoms with Crippen molar-refractivity contribution in [2.75, 3.05) is 39.4 Å². The highest BCUT2D eigenvalue weighted by molar-refractivity contribution is 5.97. The van der Waals surface area contributed by atoms with Crippen molar-refractivity contribution in [1.29, 1.82) is 0 Å². The second-order valence-electron chi connectivity index (χ2n) is 18.7. The number of unbranched alkanes of at least 4 members (excludes halogenated alkanes) is 9. The van der Waals surface area contributed by atoms with E-state index in [9.17, 15) is 29.4 Å². The van der Waals surface area contributed by atoms with Gasteiger partial charge < -0.3 is 29.5 Å². The molecule has 362 valence electrons. The zero-order valence-electron chi connectivity index (χ0n) is 39.1. The molecule has 68 heavy (non-hydrogen) atoms. The van der Waals surface area contributed by atoms with Gasteiger partial charge in [0.1, 0.15) is 0 Å². The smallest absolute Gasteiger partial charge is 0.320 e. The van der Waals surface area contributed by atoms with E-state index in [4.69, 9.17) is 29.0 Å². The Morgan fingerprint density at radius 2 is 0.750 bits per heavy atom. The Morgan fingerprint density at radius 1 is 0.471 bits per heavy atom. The summed E-state index contributed by atoms with van der Waals surface area (Å²) in [6, 6.07) is 37.5. The van der Waals surface area contributed by atoms with Gasteiger partial charge in [0.05, 0.1) is 13.2 Å². The minimum absolute atomic E-state index is 0.0671. The largest absolute Gasteiger partial charge is 0.465 e. The van der Waals surface area contributed by atoms with Crippen molar-refractivity contribution in [3.63, 3.8) is 0 Å². The second-order valence-corrected chi connectivity index (χ2v) is 18.7. The Labute approximate surface area is 398 Å². The fourth-order valence-corrected chi connectivity index (χ4v) is 10.8. The lowest BCUT2D eigenvalue weighted by molar-refractivity contribution is -0.488. The molecule has 0 saturated carbocycles. The highest BCUT2D eigenvalue weighted by Gasteiger charge is 2.77. The first-order valence-corrected chi connectivity index (χ1v) is 24.3. The van der Waals surface area contributed by atoms with Crippen LogP contribution < -0.4 is 0 Å². The van der Waals surface area contributed by atoms with Crippen LogP contribution in [0.5, 0.6) is 0 Å². The molecule has 0 spiro atoms. The SMILES string of the molecule is CCOC(=O)C12CN(CCCCCCCCCCCCN3CC4(C(=O)OCC)CC(c5ccccc5)(c5ccccc5)OOC4(O)C3=O)C(=O)C1(O)OOC(c1ccccc1)(c1ccccc1)C2. The topological polar surface area (TPSA) is 171 Å². The van der Waals surface area contributed by atoms with Crippen molar-refractivity contribution >= 4 is 23.8 Å². The average Bonchev–Trinajstić information content (AvgIpc) is 3.74. The lowest BCUT2D eigenvalue weighted by Gasteiger charge is -2.48. The van der Waals surface area contributed by atoms with Crippen molar-refractivity contribution < 1.29 is 58.4 Å². The van der Waals surface area contributed by atoms with Crippen LogP contribution in [0.25, 0.3) is 0 Å². The molecule has 4 aromatic carbocycles. The highest BCUT2D eigenvalue weighted by atomic mass is 17.2. The molecule has 4 atom stereocenters. The number of esters is 2. The summed E-state index contributed by atoms with van der Waals surface area (Å²) in [5.74, 6) is -7.94. The molecule has 4 saturated heterocycles. The van der Waals surface area contributed by atoms with E-state index in [2.05, 4.69) is 0 Å². The predicted octanol–water partition coefficient (Wildman–Crippen LogP) is 7.64. The molecule has 2 amide bonds. The summed E-state index contributed by atoms with van der Waals surface area (Å²) >= 11 is 0. The Hall–Kier alpha value is -5.48. The standard InChI is InChI=1S/C54H64N2O12/c1-3-63-47(59)49-37-51(41-27-17-13-18-28-41,42-29-19-14-20-30-42)65-67-53(49,61)45(57)55(39-49)35-25-11-9-7-5-6-8-10-12-26-36-56-40-50(48(60)64-4-2)38-52(43-31-21-15-22-32-43,44-33-23-16-24-34-44)66-68-54(50,62)46(56)58/h13-24,27-34,61-62H,3-12,25-26,35-40H2,1-2H3. The van der Waals surface area contributed by atoms with Gasteiger partial charge in [0.15, 0.2) is 22.0 Å². The van der Waals surface area contributed by atoms with Gasteiger partial charge in [-0.15, -0.1) is 0 Å². The number of fused-ring (bicyclic) bond motifs is 2. The third-order valence-electron chi connectivity index (χ3n) is 14.5. The second kappa shape index (κ2) is 20.6. The molecular formula is C54H64N2O12. The predicted molar refractivity (Wildman–Crippen MR) is 248 cm³/mol. The lowest BCUT2D eigenvalue weighted by atomic mass is 9.67. The van der Waals surface area contributed by atoms with Crippen molar-refractivity contribution in [2.45, 2.75) is 114 Å². The maximum Gasteiger partial charge on any atom is 0.320 e. The van der Waals surface area contributed by atoms with E-state index in [1.165, 1.54) is 9.80 Å². The Morgan fingerprint density at radius 3 is 1.03 bits per heavy atom. The quantitative estimate of drug-likeness (QED) is 0.0477. The third kappa shape index (κ3) is 8.64. The number of hydrogen-bond donors (Lipinski definition) is 2. The normalized spacial score (nSPS) is 26.0. The van der Waals surface area contributed by atoms with Gasteiger partial charge in [-0.2, -0.15) is 9.78 Å². The van der Waals surface area contributed by atoms with Gasteiger partial charge in [-0.25, -0.2) is 9.78 Å². The Bertz CT molecular complexity index is 2110. The Balaban J connectivity index is 0.798. The van der Waals surface area contributed by atoms with Crippen LogP contribution in [0.1, 0.15) is 113 Å². The van der Waals surface area contributed by atoms with Crippen molar-refractivity contribution in [3.8, 4) is 0 Å². The van der Waals surface area contributed by atoms with Gasteiger partial charge in [0.25, 0.3) is 23.4 Å². The number of nitrogens with zero attached hydrogens (tertiary/aromatic N) is 2. The molecule has 0 radical (unpaired) electrons. The molecule has 14 heteroatoms. The number of carbonyl (C=O) groups is 4. The molecule has 4 aliphatic rings. The summed E-state index contributed by atoms with van der Waals surface area (Å²) in [4.78, 5) is 82.5. The van der Waals surface area contributed by atoms with Crippen LogP contribution in [0.4, 0.5) is 0 Å². The first kappa shape index (κ1) is 49.0. The van der Waals surface area contributed by atoms with Crippen LogP contribution in [0.2, 0.25) is 0 Å². The minimum Gasteiger partial charge on any atom is -0.465 e. The molecule has 0 bridgehead atoms. The number of hydrogen-bond acceptors (Lipinski definition) is 12. The fourth-order valence-electron chi connectivity index (χ4n) is 10.8. The molecule has 4 fully saturated rings. The van der Waals surface area contributed by atoms with Gasteiger partial charge in [0.2, 0.25) is 0 Å². The van der Waals surface area contributed by atoms with Crippen LogP contribution in [0.3, 0.4) is 0 Å². The monoisotopic (exact) mass is 932 g/mol. The van der Waals surface area contributed by atoms with Gasteiger partial charge >= 0.3 is 11.9 Å². The van der Waals surface area contributed by atoms with E-state index in [1.54, 1.807) is 13.8 Å². The van der Waals surface area contributed by atoms with Crippen molar-refractivity contribution in [3.05, 3.63) is 144 Å². The van der Waals surface area contributed by atoms with E-state index in [-0.39, 0.29) is 39.1 Å². The van der Waals surface area contributed by atoms with Crippen molar-refractivity contribution in [2.24, 2.45) is 10.8 Å². The molecule has 4 aromatic rings. The number of aliphatic hydroxyl groups is 2. The molecule has 2 N–H and O–H groups in total. The summed E-state index contributed by atoms with van der Waals surface area (Å²) in [6.45, 7) is 4.05. The molecule has 0 aliphatic carbocycles. The van der Waals surface area contributed by atoms with Crippen LogP contribution in [0, 0.1) is 10.8 Å². The number of benzene rings is 4. The van der Waals surface area contributed by atoms with Gasteiger partial charge in [-0.1, -0.05) is 173 Å². The van der Waals surface area contributed by atoms with Gasteiger partial charge in [0, 0.05) is 39.0 Å². The van der Waals surface area contributed by atoms with E-state index < -0.39 is 57.4 Å². The van der Waals surface area contributed by atoms with Crippen LogP contribution in [-0.2, 0) is 59.4 Å². The molecule has 4 aliphatic heterocycles. The maximum absolute atomic E-state index is 14.0. The summed E-state index contributed by atoms with van der Waals surface area (Å²) in [5.41, 5.74) is -3.24. The zero-order valence-corrected chi connectivity index (χ0v) is 39.1. The number of likely N-dealkylation sites (tertiary alicyclic amines) is 2. The third-order valence-corrected chi connectivity index (χ3v) is 14.5. The first-order valence-electron chi connectivity index (χ1n) is 24.3. The van der Waals surface area contributed by atoms with E-state index >= 15 is 0 Å². The summed E-state index contributed by atoms with van der Waals surface area (Å²) in [5, 5.41) is 23.9. The van der Waals surface area contributed by atoms with Gasteiger partial charge in [-0.3, -0.25) is 19.2 Å². The minimum atomic E-state index is -2.55. The molecular weight excluding hydrogens is 869 g/mol. The number of ether oxygens (including phenoxy) is 2. The zero-order chi connectivity index (χ0) is 47.9. The fraction of sp³-hybridized carbons (Fsp3) is 0.481. The number of carbonyl (C=O) groups excluding carboxylic acids is 4. The number of amides is 2. The summed E-state index contributed by atoms with van der Waals surface area (Å²) in [7, 11) is 0. The summed E-state index contributed by atoms with van der Waals surface area (Å²) in [6.07, 6.45) is 8.99. The molecule has 4 heterocycles. The summed E-state index contributed by atoms with van der Waals surface area (Å²) < 4.78 is 11.1. The Kier molecular flexibility index (Phi) is 14.9. The molecule has 4 unspecified atom stereocenters. The molecule has 8 rings (SSSR count). The van der Waals surface area contributed by atoms with Crippen LogP contribution in [-0.4, -0.2) is 94.7 Å². The first-order chi connectivity index (χ1) is 33.0. The average molecular weight is 933 g/mol. The van der Waals surface area contributed by atoms with Gasteiger partial charge in [-0.05, 0) is 48.9 Å². The van der Waals surface area contributed by atoms with Crippen LogP contribution >= 0.6 is 0 Å². The van der Waals surface area contributed by atoms with E-state index in [0.29, 0.717) is 48.2 Å². The van der Waals surface area contributed by atoms with E-state index in [0.717, 1.165) is 51.4 Å². The van der Waals surface area contributed by atoms with Crippen LogP contribution in [0.15, 0.2) is 121 Å². The number of rotatable bonds is 21. The molecule has 0 aromatic heterocycles. The maximum atomic E-state index is 14.0. The van der Waals surface area contributed by atoms with E-state index in [1.807, 2.05) is 121 Å². The highest BCUT2D eigenvalue weighted by Crippen LogP contribution is 2.59. The lowest BCUT2D eigenvalue weighted by Crippen LogP contribution is -2.64. The van der Waals surface area contributed by atoms with Crippen molar-refractivity contribution in [1.82, 2.24) is 9.80 Å². The molecule has 14 nitrogen and oxygen atoms in total.